The highest BCUT2D eigenvalue weighted by molar-refractivity contribution is 7.91. The van der Waals surface area contributed by atoms with Crippen molar-refractivity contribution in [3.05, 3.63) is 40.9 Å². The second kappa shape index (κ2) is 7.08. The summed E-state index contributed by atoms with van der Waals surface area (Å²) in [5.74, 6) is 1.29. The van der Waals surface area contributed by atoms with E-state index in [2.05, 4.69) is 9.88 Å². The first-order chi connectivity index (χ1) is 11.4. The van der Waals surface area contributed by atoms with Gasteiger partial charge in [0.1, 0.15) is 5.75 Å². The summed E-state index contributed by atoms with van der Waals surface area (Å²) >= 11 is 1.45. The largest absolute Gasteiger partial charge is 0.497 e. The third-order valence-corrected chi connectivity index (χ3v) is 6.76. The van der Waals surface area contributed by atoms with Gasteiger partial charge < -0.3 is 10.5 Å². The monoisotopic (exact) mass is 367 g/mol. The van der Waals surface area contributed by atoms with Crippen molar-refractivity contribution in [3.63, 3.8) is 0 Å². The summed E-state index contributed by atoms with van der Waals surface area (Å²) < 4.78 is 28.9. The molecule has 0 radical (unpaired) electrons. The van der Waals surface area contributed by atoms with Crippen LogP contribution in [-0.4, -0.2) is 43.0 Å². The minimum Gasteiger partial charge on any atom is -0.497 e. The van der Waals surface area contributed by atoms with Gasteiger partial charge in [0.15, 0.2) is 15.0 Å². The minimum absolute atomic E-state index is 0.0282. The fourth-order valence-corrected chi connectivity index (χ4v) is 5.41. The van der Waals surface area contributed by atoms with Crippen molar-refractivity contribution < 1.29 is 13.2 Å². The standard InChI is InChI=1S/C16H21N3O3S2/c1-22-14-4-2-12(3-5-14)9-19(10-15-8-18-16(17)23-15)13-6-7-24(20,21)11-13/h2-5,8,13H,6-7,9-11H2,1H3,(H2,17,18). The predicted octanol–water partition coefficient (Wildman–Crippen LogP) is 1.92. The summed E-state index contributed by atoms with van der Waals surface area (Å²) in [7, 11) is -1.29. The number of thiazole rings is 1. The highest BCUT2D eigenvalue weighted by Crippen LogP contribution is 2.25. The van der Waals surface area contributed by atoms with Gasteiger partial charge in [0.25, 0.3) is 0 Å². The molecule has 1 fully saturated rings. The molecule has 1 atom stereocenters. The zero-order valence-corrected chi connectivity index (χ0v) is 15.1. The van der Waals surface area contributed by atoms with Crippen LogP contribution in [-0.2, 0) is 22.9 Å². The van der Waals surface area contributed by atoms with E-state index in [-0.39, 0.29) is 17.5 Å². The van der Waals surface area contributed by atoms with Gasteiger partial charge in [0.2, 0.25) is 0 Å². The maximum atomic E-state index is 11.9. The molecule has 1 aromatic carbocycles. The first-order valence-electron chi connectivity index (χ1n) is 7.73. The number of anilines is 1. The first-order valence-corrected chi connectivity index (χ1v) is 10.4. The number of methoxy groups -OCH3 is 1. The molecule has 0 bridgehead atoms. The van der Waals surface area contributed by atoms with Crippen LogP contribution in [0.15, 0.2) is 30.5 Å². The Bertz CT molecular complexity index is 787. The van der Waals surface area contributed by atoms with Crippen molar-refractivity contribution in [2.45, 2.75) is 25.6 Å². The van der Waals surface area contributed by atoms with Gasteiger partial charge in [-0.25, -0.2) is 13.4 Å². The van der Waals surface area contributed by atoms with E-state index < -0.39 is 9.84 Å². The Morgan fingerprint density at radius 1 is 1.33 bits per heavy atom. The van der Waals surface area contributed by atoms with E-state index in [0.717, 1.165) is 16.2 Å². The molecule has 1 aromatic heterocycles. The topological polar surface area (TPSA) is 85.5 Å². The van der Waals surface area contributed by atoms with E-state index in [1.165, 1.54) is 11.3 Å². The molecule has 0 aliphatic carbocycles. The molecule has 1 aliphatic rings. The van der Waals surface area contributed by atoms with Gasteiger partial charge in [-0.3, -0.25) is 4.90 Å². The van der Waals surface area contributed by atoms with Crippen LogP contribution in [0.2, 0.25) is 0 Å². The highest BCUT2D eigenvalue weighted by Gasteiger charge is 2.32. The third kappa shape index (κ3) is 4.25. The van der Waals surface area contributed by atoms with Crippen LogP contribution in [0.25, 0.3) is 0 Å². The van der Waals surface area contributed by atoms with Crippen molar-refractivity contribution in [2.75, 3.05) is 24.3 Å². The van der Waals surface area contributed by atoms with Crippen molar-refractivity contribution in [3.8, 4) is 5.75 Å². The van der Waals surface area contributed by atoms with Gasteiger partial charge in [0, 0.05) is 30.2 Å². The lowest BCUT2D eigenvalue weighted by Gasteiger charge is -2.27. The number of hydrogen-bond acceptors (Lipinski definition) is 7. The van der Waals surface area contributed by atoms with E-state index in [9.17, 15) is 8.42 Å². The third-order valence-electron chi connectivity index (χ3n) is 4.20. The van der Waals surface area contributed by atoms with Gasteiger partial charge in [-0.1, -0.05) is 12.1 Å². The number of nitrogens with zero attached hydrogens (tertiary/aromatic N) is 2. The molecule has 130 valence electrons. The van der Waals surface area contributed by atoms with Crippen molar-refractivity contribution in [1.29, 1.82) is 0 Å². The highest BCUT2D eigenvalue weighted by atomic mass is 32.2. The molecular formula is C16H21N3O3S2. The van der Waals surface area contributed by atoms with Gasteiger partial charge >= 0.3 is 0 Å². The average molecular weight is 367 g/mol. The molecule has 8 heteroatoms. The number of rotatable bonds is 6. The fourth-order valence-electron chi connectivity index (χ4n) is 2.94. The molecule has 1 saturated heterocycles. The molecule has 2 N–H and O–H groups in total. The van der Waals surface area contributed by atoms with E-state index in [4.69, 9.17) is 10.5 Å². The van der Waals surface area contributed by atoms with Crippen molar-refractivity contribution in [1.82, 2.24) is 9.88 Å². The van der Waals surface area contributed by atoms with E-state index in [1.807, 2.05) is 24.3 Å². The Balaban J connectivity index is 1.78. The number of ether oxygens (including phenoxy) is 1. The molecule has 24 heavy (non-hydrogen) atoms. The Hall–Kier alpha value is -1.64. The second-order valence-corrected chi connectivity index (χ2v) is 9.35. The number of hydrogen-bond donors (Lipinski definition) is 1. The molecule has 1 unspecified atom stereocenters. The molecule has 1 aliphatic heterocycles. The number of nitrogen functional groups attached to an aromatic ring is 1. The maximum Gasteiger partial charge on any atom is 0.180 e. The van der Waals surface area contributed by atoms with E-state index in [1.54, 1.807) is 13.3 Å². The first kappa shape index (κ1) is 17.2. The SMILES string of the molecule is COc1ccc(CN(Cc2cnc(N)s2)C2CCS(=O)(=O)C2)cc1. The van der Waals surface area contributed by atoms with Crippen molar-refractivity contribution >= 4 is 26.3 Å². The minimum atomic E-state index is -2.93. The zero-order chi connectivity index (χ0) is 17.2. The Kier molecular flexibility index (Phi) is 5.07. The number of nitrogens with two attached hydrogens (primary N) is 1. The van der Waals surface area contributed by atoms with E-state index in [0.29, 0.717) is 24.6 Å². The molecular weight excluding hydrogens is 346 g/mol. The summed E-state index contributed by atoms with van der Waals surface area (Å²) in [6, 6.07) is 7.89. The molecule has 6 nitrogen and oxygen atoms in total. The Morgan fingerprint density at radius 2 is 2.08 bits per heavy atom. The lowest BCUT2D eigenvalue weighted by Crippen LogP contribution is -2.35. The molecule has 2 heterocycles. The lowest BCUT2D eigenvalue weighted by molar-refractivity contribution is 0.196. The summed E-state index contributed by atoms with van der Waals surface area (Å²) in [5, 5.41) is 0.536. The lowest BCUT2D eigenvalue weighted by atomic mass is 10.1. The normalized spacial score (nSPS) is 19.7. The van der Waals surface area contributed by atoms with Crippen LogP contribution < -0.4 is 10.5 Å². The average Bonchev–Trinajstić information content (AvgIpc) is 3.12. The molecule has 2 aromatic rings. The molecule has 0 amide bonds. The number of sulfone groups is 1. The van der Waals surface area contributed by atoms with Gasteiger partial charge in [0.05, 0.1) is 18.6 Å². The smallest absolute Gasteiger partial charge is 0.180 e. The van der Waals surface area contributed by atoms with Crippen LogP contribution >= 0.6 is 11.3 Å². The number of aromatic nitrogens is 1. The second-order valence-electron chi connectivity index (χ2n) is 5.97. The molecule has 0 saturated carbocycles. The summed E-state index contributed by atoms with van der Waals surface area (Å²) in [4.78, 5) is 7.34. The summed E-state index contributed by atoms with van der Waals surface area (Å²) in [6.07, 6.45) is 2.44. The van der Waals surface area contributed by atoms with Gasteiger partial charge in [-0.2, -0.15) is 0 Å². The van der Waals surface area contributed by atoms with Crippen molar-refractivity contribution in [2.24, 2.45) is 0 Å². The van der Waals surface area contributed by atoms with Crippen LogP contribution in [0.3, 0.4) is 0 Å². The van der Waals surface area contributed by atoms with E-state index >= 15 is 0 Å². The maximum absolute atomic E-state index is 11.9. The number of benzene rings is 1. The van der Waals surface area contributed by atoms with Crippen LogP contribution in [0, 0.1) is 0 Å². The quantitative estimate of drug-likeness (QED) is 0.840. The summed E-state index contributed by atoms with van der Waals surface area (Å²) in [5.41, 5.74) is 6.84. The molecule has 0 spiro atoms. The predicted molar refractivity (Wildman–Crippen MR) is 95.8 cm³/mol. The zero-order valence-electron chi connectivity index (χ0n) is 13.5. The fraction of sp³-hybridized carbons (Fsp3) is 0.438. The van der Waals surface area contributed by atoms with Crippen LogP contribution in [0.5, 0.6) is 5.75 Å². The Morgan fingerprint density at radius 3 is 2.62 bits per heavy atom. The van der Waals surface area contributed by atoms with Crippen LogP contribution in [0.4, 0.5) is 5.13 Å². The molecule has 3 rings (SSSR count). The van der Waals surface area contributed by atoms with Gasteiger partial charge in [-0.15, -0.1) is 11.3 Å². The van der Waals surface area contributed by atoms with Gasteiger partial charge in [-0.05, 0) is 24.1 Å². The van der Waals surface area contributed by atoms with Crippen LogP contribution in [0.1, 0.15) is 16.9 Å². The summed E-state index contributed by atoms with van der Waals surface area (Å²) in [6.45, 7) is 1.34. The Labute approximate surface area is 146 Å².